The molecular formula is C17H20FNO. The quantitative estimate of drug-likeness (QED) is 0.766. The molecule has 0 aliphatic heterocycles. The highest BCUT2D eigenvalue weighted by atomic mass is 19.1. The van der Waals surface area contributed by atoms with Crippen LogP contribution in [-0.2, 0) is 11.3 Å². The minimum Gasteiger partial charge on any atom is -0.335 e. The molecule has 2 aliphatic carbocycles. The van der Waals surface area contributed by atoms with E-state index in [1.165, 1.54) is 12.1 Å². The van der Waals surface area contributed by atoms with E-state index in [2.05, 4.69) is 12.2 Å². The van der Waals surface area contributed by atoms with Gasteiger partial charge in [-0.25, -0.2) is 4.39 Å². The van der Waals surface area contributed by atoms with Crippen molar-refractivity contribution >= 4 is 5.91 Å². The molecule has 0 bridgehead atoms. The zero-order valence-corrected chi connectivity index (χ0v) is 11.6. The van der Waals surface area contributed by atoms with Crippen LogP contribution in [0, 0.1) is 11.7 Å². The predicted octanol–water partition coefficient (Wildman–Crippen LogP) is 3.67. The molecule has 3 rings (SSSR count). The lowest BCUT2D eigenvalue weighted by atomic mass is 9.93. The Morgan fingerprint density at radius 1 is 1.15 bits per heavy atom. The molecule has 1 saturated carbocycles. The topological polar surface area (TPSA) is 20.3 Å². The molecule has 1 amide bonds. The number of carbonyl (C=O) groups is 1. The molecule has 1 aromatic rings. The normalized spacial score (nSPS) is 21.8. The molecule has 0 heterocycles. The molecule has 0 radical (unpaired) electrons. The molecule has 1 atom stereocenters. The fraction of sp³-hybridized carbons (Fsp3) is 0.471. The average molecular weight is 273 g/mol. The van der Waals surface area contributed by atoms with Crippen molar-refractivity contribution in [2.45, 2.75) is 44.7 Å². The fourth-order valence-electron chi connectivity index (χ4n) is 2.81. The van der Waals surface area contributed by atoms with Crippen molar-refractivity contribution in [1.29, 1.82) is 0 Å². The summed E-state index contributed by atoms with van der Waals surface area (Å²) in [7, 11) is 0. The molecule has 1 aromatic carbocycles. The second-order valence-corrected chi connectivity index (χ2v) is 5.81. The lowest BCUT2D eigenvalue weighted by Gasteiger charge is -2.28. The van der Waals surface area contributed by atoms with E-state index in [0.29, 0.717) is 12.6 Å². The first-order chi connectivity index (χ1) is 9.74. The van der Waals surface area contributed by atoms with Crippen LogP contribution in [0.15, 0.2) is 36.4 Å². The zero-order valence-electron chi connectivity index (χ0n) is 11.6. The van der Waals surface area contributed by atoms with Crippen molar-refractivity contribution < 1.29 is 9.18 Å². The Kier molecular flexibility index (Phi) is 3.86. The zero-order chi connectivity index (χ0) is 13.9. The van der Waals surface area contributed by atoms with Gasteiger partial charge in [-0.15, -0.1) is 0 Å². The van der Waals surface area contributed by atoms with Gasteiger partial charge >= 0.3 is 0 Å². The molecule has 1 unspecified atom stereocenters. The summed E-state index contributed by atoms with van der Waals surface area (Å²) >= 11 is 0. The van der Waals surface area contributed by atoms with Crippen LogP contribution >= 0.6 is 0 Å². The highest BCUT2D eigenvalue weighted by Gasteiger charge is 2.35. The number of hydrogen-bond donors (Lipinski definition) is 0. The largest absolute Gasteiger partial charge is 0.335 e. The minimum absolute atomic E-state index is 0.140. The van der Waals surface area contributed by atoms with Gasteiger partial charge in [0, 0.05) is 18.5 Å². The van der Waals surface area contributed by atoms with Crippen LogP contribution < -0.4 is 0 Å². The van der Waals surface area contributed by atoms with Gasteiger partial charge in [0.05, 0.1) is 0 Å². The van der Waals surface area contributed by atoms with Crippen molar-refractivity contribution in [3.05, 3.63) is 47.8 Å². The van der Waals surface area contributed by atoms with Crippen molar-refractivity contribution in [3.63, 3.8) is 0 Å². The highest BCUT2D eigenvalue weighted by Crippen LogP contribution is 2.32. The third-order valence-electron chi connectivity index (χ3n) is 4.16. The van der Waals surface area contributed by atoms with E-state index in [0.717, 1.165) is 37.7 Å². The molecule has 0 N–H and O–H groups in total. The van der Waals surface area contributed by atoms with E-state index < -0.39 is 0 Å². The number of amides is 1. The summed E-state index contributed by atoms with van der Waals surface area (Å²) in [6.07, 6.45) is 9.32. The molecule has 20 heavy (non-hydrogen) atoms. The van der Waals surface area contributed by atoms with Crippen LogP contribution in [0.2, 0.25) is 0 Å². The molecule has 0 spiro atoms. The number of halogens is 1. The summed E-state index contributed by atoms with van der Waals surface area (Å²) in [6, 6.07) is 6.89. The first kappa shape index (κ1) is 13.3. The Balaban J connectivity index is 1.70. The Labute approximate surface area is 119 Å². The summed E-state index contributed by atoms with van der Waals surface area (Å²) in [6.45, 7) is 0.615. The van der Waals surface area contributed by atoms with E-state index in [1.54, 1.807) is 12.1 Å². The molecule has 3 heteroatoms. The summed E-state index contributed by atoms with van der Waals surface area (Å²) in [5.74, 6) is 0.192. The summed E-state index contributed by atoms with van der Waals surface area (Å²) in [5.41, 5.74) is 1.01. The molecule has 1 fully saturated rings. The maximum atomic E-state index is 13.0. The summed E-state index contributed by atoms with van der Waals surface area (Å²) in [5, 5.41) is 0. The van der Waals surface area contributed by atoms with Gasteiger partial charge in [0.2, 0.25) is 5.91 Å². The second-order valence-electron chi connectivity index (χ2n) is 5.81. The fourth-order valence-corrected chi connectivity index (χ4v) is 2.81. The van der Waals surface area contributed by atoms with Crippen LogP contribution in [0.5, 0.6) is 0 Å². The van der Waals surface area contributed by atoms with Crippen molar-refractivity contribution in [2.75, 3.05) is 0 Å². The number of rotatable bonds is 4. The Hall–Kier alpha value is -1.64. The van der Waals surface area contributed by atoms with Crippen LogP contribution in [0.4, 0.5) is 4.39 Å². The van der Waals surface area contributed by atoms with Gasteiger partial charge in [0.15, 0.2) is 0 Å². The number of allylic oxidation sites excluding steroid dienone is 2. The average Bonchev–Trinajstić information content (AvgIpc) is 3.31. The van der Waals surface area contributed by atoms with E-state index in [4.69, 9.17) is 0 Å². The van der Waals surface area contributed by atoms with E-state index in [1.807, 2.05) is 4.90 Å². The highest BCUT2D eigenvalue weighted by molar-refractivity contribution is 5.79. The monoisotopic (exact) mass is 273 g/mol. The molecular weight excluding hydrogens is 253 g/mol. The van der Waals surface area contributed by atoms with Crippen molar-refractivity contribution in [3.8, 4) is 0 Å². The predicted molar refractivity (Wildman–Crippen MR) is 76.5 cm³/mol. The van der Waals surface area contributed by atoms with E-state index >= 15 is 0 Å². The summed E-state index contributed by atoms with van der Waals surface area (Å²) < 4.78 is 13.0. The minimum atomic E-state index is -0.226. The van der Waals surface area contributed by atoms with Gasteiger partial charge in [-0.3, -0.25) is 4.79 Å². The maximum absolute atomic E-state index is 13.0. The number of carbonyl (C=O) groups excluding carboxylic acids is 1. The standard InChI is InChI=1S/C17H20FNO/c18-15-8-6-13(7-9-15)12-19(16-10-11-16)17(20)14-4-2-1-3-5-14/h1-2,6-9,14,16H,3-5,10-12H2. The number of nitrogens with zero attached hydrogens (tertiary/aromatic N) is 1. The Bertz CT molecular complexity index is 504. The third-order valence-corrected chi connectivity index (χ3v) is 4.16. The van der Waals surface area contributed by atoms with Crippen LogP contribution in [0.25, 0.3) is 0 Å². The van der Waals surface area contributed by atoms with Crippen LogP contribution in [0.1, 0.15) is 37.7 Å². The lowest BCUT2D eigenvalue weighted by molar-refractivity contribution is -0.137. The van der Waals surface area contributed by atoms with Crippen LogP contribution in [-0.4, -0.2) is 16.8 Å². The van der Waals surface area contributed by atoms with Gasteiger partial charge in [0.1, 0.15) is 5.82 Å². The van der Waals surface area contributed by atoms with Gasteiger partial charge < -0.3 is 4.90 Å². The van der Waals surface area contributed by atoms with Crippen molar-refractivity contribution in [2.24, 2.45) is 5.92 Å². The lowest BCUT2D eigenvalue weighted by Crippen LogP contribution is -2.37. The van der Waals surface area contributed by atoms with Gasteiger partial charge in [-0.05, 0) is 49.8 Å². The Morgan fingerprint density at radius 3 is 2.50 bits per heavy atom. The van der Waals surface area contributed by atoms with Gasteiger partial charge in [-0.1, -0.05) is 24.3 Å². The second kappa shape index (κ2) is 5.78. The number of benzene rings is 1. The van der Waals surface area contributed by atoms with E-state index in [-0.39, 0.29) is 17.6 Å². The maximum Gasteiger partial charge on any atom is 0.226 e. The molecule has 2 aliphatic rings. The molecule has 2 nitrogen and oxygen atoms in total. The van der Waals surface area contributed by atoms with Crippen molar-refractivity contribution in [1.82, 2.24) is 4.90 Å². The first-order valence-electron chi connectivity index (χ1n) is 7.44. The third kappa shape index (κ3) is 3.09. The molecule has 106 valence electrons. The van der Waals surface area contributed by atoms with Gasteiger partial charge in [-0.2, -0.15) is 0 Å². The first-order valence-corrected chi connectivity index (χ1v) is 7.44. The SMILES string of the molecule is O=C(C1CC=CCC1)N(Cc1ccc(F)cc1)C1CC1. The van der Waals surface area contributed by atoms with Gasteiger partial charge in [0.25, 0.3) is 0 Å². The molecule has 0 saturated heterocycles. The van der Waals surface area contributed by atoms with E-state index in [9.17, 15) is 9.18 Å². The molecule has 0 aromatic heterocycles. The van der Waals surface area contributed by atoms with Crippen LogP contribution in [0.3, 0.4) is 0 Å². The number of hydrogen-bond acceptors (Lipinski definition) is 1. The Morgan fingerprint density at radius 2 is 1.90 bits per heavy atom. The smallest absolute Gasteiger partial charge is 0.226 e. The summed E-state index contributed by atoms with van der Waals surface area (Å²) in [4.78, 5) is 14.7.